The quantitative estimate of drug-likeness (QED) is 0.840. The summed E-state index contributed by atoms with van der Waals surface area (Å²) in [7, 11) is 0. The number of nitrogens with zero attached hydrogens (tertiary/aromatic N) is 2. The number of anilines is 1. The summed E-state index contributed by atoms with van der Waals surface area (Å²) in [6.07, 6.45) is -0.587. The smallest absolute Gasteiger partial charge is 0.322 e. The van der Waals surface area contributed by atoms with Crippen LogP contribution in [0.4, 0.5) is 10.5 Å². The Kier molecular flexibility index (Phi) is 5.77. The van der Waals surface area contributed by atoms with E-state index in [1.165, 1.54) is 0 Å². The van der Waals surface area contributed by atoms with Gasteiger partial charge in [-0.1, -0.05) is 11.6 Å². The number of carbonyl (C=O) groups excluding carboxylic acids is 1. The molecule has 0 saturated heterocycles. The Morgan fingerprint density at radius 2 is 2.05 bits per heavy atom. The Morgan fingerprint density at radius 3 is 2.50 bits per heavy atom. The third kappa shape index (κ3) is 4.35. The van der Waals surface area contributed by atoms with Gasteiger partial charge in [0.15, 0.2) is 5.15 Å². The predicted octanol–water partition coefficient (Wildman–Crippen LogP) is 2.97. The van der Waals surface area contributed by atoms with Crippen molar-refractivity contribution >= 4 is 23.3 Å². The maximum atomic E-state index is 12.3. The molecule has 1 aromatic heterocycles. The number of urea groups is 1. The van der Waals surface area contributed by atoms with Crippen LogP contribution in [-0.2, 0) is 0 Å². The molecule has 2 N–H and O–H groups in total. The maximum Gasteiger partial charge on any atom is 0.322 e. The van der Waals surface area contributed by atoms with Gasteiger partial charge in [0.2, 0.25) is 0 Å². The third-order valence-corrected chi connectivity index (χ3v) is 3.15. The summed E-state index contributed by atoms with van der Waals surface area (Å²) in [4.78, 5) is 18.0. The zero-order valence-corrected chi connectivity index (χ0v) is 13.3. The van der Waals surface area contributed by atoms with Crippen molar-refractivity contribution in [3.63, 3.8) is 0 Å². The van der Waals surface area contributed by atoms with E-state index in [2.05, 4.69) is 10.3 Å². The second-order valence-electron chi connectivity index (χ2n) is 5.27. The second-order valence-corrected chi connectivity index (χ2v) is 5.63. The lowest BCUT2D eigenvalue weighted by Gasteiger charge is -2.28. The van der Waals surface area contributed by atoms with Gasteiger partial charge in [-0.3, -0.25) is 0 Å². The SMILES string of the molecule is Cc1cc(C)c(NC(=O)N(CC(C)O)C(C)C)c(Cl)n1. The van der Waals surface area contributed by atoms with Crippen LogP contribution in [-0.4, -0.2) is 39.7 Å². The molecule has 20 heavy (non-hydrogen) atoms. The van der Waals surface area contributed by atoms with Crippen molar-refractivity contribution in [3.8, 4) is 0 Å². The lowest BCUT2D eigenvalue weighted by atomic mass is 10.2. The number of pyridine rings is 1. The van der Waals surface area contributed by atoms with Crippen LogP contribution in [0.15, 0.2) is 6.07 Å². The molecule has 112 valence electrons. The number of hydrogen-bond acceptors (Lipinski definition) is 3. The minimum Gasteiger partial charge on any atom is -0.392 e. The standard InChI is InChI=1S/C14H22ClN3O2/c1-8(2)18(7-11(5)19)14(20)17-12-9(3)6-10(4)16-13(12)15/h6,8,11,19H,7H2,1-5H3,(H,17,20). The number of aromatic nitrogens is 1. The highest BCUT2D eigenvalue weighted by molar-refractivity contribution is 6.32. The van der Waals surface area contributed by atoms with Crippen molar-refractivity contribution in [3.05, 3.63) is 22.5 Å². The van der Waals surface area contributed by atoms with Crippen LogP contribution in [0.3, 0.4) is 0 Å². The van der Waals surface area contributed by atoms with Gasteiger partial charge in [0.05, 0.1) is 11.8 Å². The van der Waals surface area contributed by atoms with Gasteiger partial charge in [-0.25, -0.2) is 9.78 Å². The number of carbonyl (C=O) groups is 1. The first-order chi connectivity index (χ1) is 9.22. The van der Waals surface area contributed by atoms with E-state index in [1.807, 2.05) is 33.8 Å². The first kappa shape index (κ1) is 16.7. The van der Waals surface area contributed by atoms with Gasteiger partial charge < -0.3 is 15.3 Å². The summed E-state index contributed by atoms with van der Waals surface area (Å²) < 4.78 is 0. The number of hydrogen-bond donors (Lipinski definition) is 2. The Hall–Kier alpha value is -1.33. The van der Waals surface area contributed by atoms with Crippen LogP contribution in [0.5, 0.6) is 0 Å². The van der Waals surface area contributed by atoms with Crippen molar-refractivity contribution in [2.75, 3.05) is 11.9 Å². The minimum absolute atomic E-state index is 0.0258. The van der Waals surface area contributed by atoms with Crippen LogP contribution in [0, 0.1) is 13.8 Å². The van der Waals surface area contributed by atoms with E-state index >= 15 is 0 Å². The van der Waals surface area contributed by atoms with Crippen LogP contribution in [0.25, 0.3) is 0 Å². The molecule has 1 rings (SSSR count). The number of rotatable bonds is 4. The molecular weight excluding hydrogens is 278 g/mol. The maximum absolute atomic E-state index is 12.3. The van der Waals surface area contributed by atoms with E-state index in [1.54, 1.807) is 11.8 Å². The summed E-state index contributed by atoms with van der Waals surface area (Å²) in [5.74, 6) is 0. The van der Waals surface area contributed by atoms with Gasteiger partial charge in [-0.15, -0.1) is 0 Å². The fraction of sp³-hybridized carbons (Fsp3) is 0.571. The molecule has 5 nitrogen and oxygen atoms in total. The first-order valence-corrected chi connectivity index (χ1v) is 6.99. The van der Waals surface area contributed by atoms with Crippen LogP contribution in [0.2, 0.25) is 5.15 Å². The number of nitrogens with one attached hydrogen (secondary N) is 1. The topological polar surface area (TPSA) is 65.5 Å². The van der Waals surface area contributed by atoms with Crippen molar-refractivity contribution in [2.24, 2.45) is 0 Å². The molecule has 1 aromatic rings. The monoisotopic (exact) mass is 299 g/mol. The van der Waals surface area contributed by atoms with Crippen LogP contribution < -0.4 is 5.32 Å². The molecule has 0 aliphatic heterocycles. The molecule has 0 saturated carbocycles. The zero-order chi connectivity index (χ0) is 15.4. The average Bonchev–Trinajstić information content (AvgIpc) is 2.29. The summed E-state index contributed by atoms with van der Waals surface area (Å²) in [6, 6.07) is 1.54. The van der Waals surface area contributed by atoms with Crippen LogP contribution >= 0.6 is 11.6 Å². The van der Waals surface area contributed by atoms with Crippen molar-refractivity contribution in [2.45, 2.75) is 46.8 Å². The molecular formula is C14H22ClN3O2. The summed E-state index contributed by atoms with van der Waals surface area (Å²) >= 11 is 6.08. The highest BCUT2D eigenvalue weighted by Crippen LogP contribution is 2.25. The molecule has 0 aliphatic rings. The fourth-order valence-electron chi connectivity index (χ4n) is 1.93. The molecule has 0 bridgehead atoms. The van der Waals surface area contributed by atoms with Gasteiger partial charge in [0.25, 0.3) is 0 Å². The summed E-state index contributed by atoms with van der Waals surface area (Å²) in [5, 5.41) is 12.5. The molecule has 6 heteroatoms. The lowest BCUT2D eigenvalue weighted by molar-refractivity contribution is 0.125. The highest BCUT2D eigenvalue weighted by atomic mass is 35.5. The third-order valence-electron chi connectivity index (χ3n) is 2.88. The van der Waals surface area contributed by atoms with Crippen molar-refractivity contribution < 1.29 is 9.90 Å². The Balaban J connectivity index is 2.94. The van der Waals surface area contributed by atoms with E-state index in [4.69, 9.17) is 11.6 Å². The molecule has 1 heterocycles. The van der Waals surface area contributed by atoms with Gasteiger partial charge in [-0.2, -0.15) is 0 Å². The van der Waals surface area contributed by atoms with Gasteiger partial charge >= 0.3 is 6.03 Å². The molecule has 0 aliphatic carbocycles. The fourth-order valence-corrected chi connectivity index (χ4v) is 2.26. The number of aliphatic hydroxyl groups is 1. The van der Waals surface area contributed by atoms with Gasteiger partial charge in [-0.05, 0) is 46.2 Å². The van der Waals surface area contributed by atoms with E-state index < -0.39 is 6.10 Å². The number of aryl methyl sites for hydroxylation is 2. The average molecular weight is 300 g/mol. The number of amides is 2. The normalized spacial score (nSPS) is 12.4. The summed E-state index contributed by atoms with van der Waals surface area (Å²) in [5.41, 5.74) is 2.17. The molecule has 0 radical (unpaired) electrons. The Bertz CT molecular complexity index is 466. The van der Waals surface area contributed by atoms with Crippen molar-refractivity contribution in [1.29, 1.82) is 0 Å². The van der Waals surface area contributed by atoms with E-state index in [0.717, 1.165) is 11.3 Å². The number of halogens is 1. The van der Waals surface area contributed by atoms with E-state index in [-0.39, 0.29) is 23.8 Å². The minimum atomic E-state index is -0.587. The predicted molar refractivity (Wildman–Crippen MR) is 81.3 cm³/mol. The lowest BCUT2D eigenvalue weighted by Crippen LogP contribution is -2.44. The number of aliphatic hydroxyl groups excluding tert-OH is 1. The molecule has 1 unspecified atom stereocenters. The summed E-state index contributed by atoms with van der Waals surface area (Å²) in [6.45, 7) is 9.41. The van der Waals surface area contributed by atoms with Crippen molar-refractivity contribution in [1.82, 2.24) is 9.88 Å². The van der Waals surface area contributed by atoms with Gasteiger partial charge in [0, 0.05) is 18.3 Å². The molecule has 0 aromatic carbocycles. The molecule has 0 spiro atoms. The van der Waals surface area contributed by atoms with E-state index in [0.29, 0.717) is 5.69 Å². The molecule has 2 amide bonds. The molecule has 0 fully saturated rings. The largest absolute Gasteiger partial charge is 0.392 e. The van der Waals surface area contributed by atoms with E-state index in [9.17, 15) is 9.90 Å². The highest BCUT2D eigenvalue weighted by Gasteiger charge is 2.20. The molecule has 1 atom stereocenters. The van der Waals surface area contributed by atoms with Crippen LogP contribution in [0.1, 0.15) is 32.0 Å². The Morgan fingerprint density at radius 1 is 1.45 bits per heavy atom. The van der Waals surface area contributed by atoms with Gasteiger partial charge in [0.1, 0.15) is 0 Å². The zero-order valence-electron chi connectivity index (χ0n) is 12.6. The Labute approximate surface area is 125 Å². The first-order valence-electron chi connectivity index (χ1n) is 6.61. The second kappa shape index (κ2) is 6.90.